The first-order valence-corrected chi connectivity index (χ1v) is 6.96. The van der Waals surface area contributed by atoms with Gasteiger partial charge in [-0.2, -0.15) is 0 Å². The van der Waals surface area contributed by atoms with E-state index in [4.69, 9.17) is 4.74 Å². The van der Waals surface area contributed by atoms with Crippen molar-refractivity contribution in [1.82, 2.24) is 0 Å². The molecule has 0 amide bonds. The van der Waals surface area contributed by atoms with Crippen LogP contribution in [0.1, 0.15) is 52.0 Å². The molecule has 0 radical (unpaired) electrons. The summed E-state index contributed by atoms with van der Waals surface area (Å²) in [6.45, 7) is 7.92. The quantitative estimate of drug-likeness (QED) is 0.615. The van der Waals surface area contributed by atoms with Crippen LogP contribution in [0.2, 0.25) is 0 Å². The number of unbranched alkanes of at least 4 members (excludes halogenated alkanes) is 3. The molecule has 17 heavy (non-hydrogen) atoms. The lowest BCUT2D eigenvalue weighted by atomic mass is 10.1. The third-order valence-corrected chi connectivity index (χ3v) is 2.57. The zero-order chi connectivity index (χ0) is 12.8. The number of hydrogen-bond donors (Lipinski definition) is 0. The minimum Gasteiger partial charge on any atom is -0.382 e. The van der Waals surface area contributed by atoms with E-state index in [9.17, 15) is 0 Å². The number of rotatable bonds is 7. The Labute approximate surface area is 107 Å². The molecule has 0 bridgehead atoms. The molecule has 1 rings (SSSR count). The van der Waals surface area contributed by atoms with Crippen LogP contribution in [0.15, 0.2) is 30.3 Å². The van der Waals surface area contributed by atoms with Crippen LogP contribution in [0.4, 0.5) is 0 Å². The van der Waals surface area contributed by atoms with Crippen LogP contribution in [-0.4, -0.2) is 13.2 Å². The predicted molar refractivity (Wildman–Crippen MR) is 76.5 cm³/mol. The van der Waals surface area contributed by atoms with Crippen molar-refractivity contribution < 1.29 is 4.74 Å². The summed E-state index contributed by atoms with van der Waals surface area (Å²) in [6, 6.07) is 10.7. The third kappa shape index (κ3) is 11.4. The highest BCUT2D eigenvalue weighted by atomic mass is 16.5. The van der Waals surface area contributed by atoms with E-state index in [1.165, 1.54) is 37.7 Å². The predicted octanol–water partition coefficient (Wildman–Crippen LogP) is 4.85. The van der Waals surface area contributed by atoms with Crippen molar-refractivity contribution in [2.45, 2.75) is 52.9 Å². The molecule has 0 unspecified atom stereocenters. The molecule has 0 aliphatic carbocycles. The van der Waals surface area contributed by atoms with E-state index in [1.54, 1.807) is 0 Å². The van der Waals surface area contributed by atoms with Gasteiger partial charge in [0.1, 0.15) is 0 Å². The Kier molecular flexibility index (Phi) is 12.6. The maximum atomic E-state index is 4.83. The number of aryl methyl sites for hydroxylation is 1. The van der Waals surface area contributed by atoms with Crippen LogP contribution in [0.3, 0.4) is 0 Å². The molecule has 1 heteroatoms. The van der Waals surface area contributed by atoms with Gasteiger partial charge in [-0.15, -0.1) is 0 Å². The lowest BCUT2D eigenvalue weighted by molar-refractivity contribution is 0.162. The third-order valence-electron chi connectivity index (χ3n) is 2.57. The average molecular weight is 236 g/mol. The Morgan fingerprint density at radius 3 is 1.94 bits per heavy atom. The summed E-state index contributed by atoms with van der Waals surface area (Å²) in [6.07, 6.45) is 6.69. The first-order valence-electron chi connectivity index (χ1n) is 6.96. The maximum absolute atomic E-state index is 4.83. The Morgan fingerprint density at radius 1 is 0.824 bits per heavy atom. The van der Waals surface area contributed by atoms with E-state index in [0.717, 1.165) is 13.2 Å². The average Bonchev–Trinajstić information content (AvgIpc) is 2.38. The Bertz CT molecular complexity index is 229. The van der Waals surface area contributed by atoms with Crippen LogP contribution >= 0.6 is 0 Å². The topological polar surface area (TPSA) is 9.23 Å². The van der Waals surface area contributed by atoms with Crippen molar-refractivity contribution in [2.24, 2.45) is 0 Å². The molecule has 0 aliphatic rings. The highest BCUT2D eigenvalue weighted by molar-refractivity contribution is 5.14. The molecule has 0 heterocycles. The Balaban J connectivity index is 0.000000437. The minimum absolute atomic E-state index is 0.844. The second kappa shape index (κ2) is 13.2. The van der Waals surface area contributed by atoms with Crippen LogP contribution in [0.25, 0.3) is 0 Å². The highest BCUT2D eigenvalue weighted by Gasteiger charge is 1.90. The highest BCUT2D eigenvalue weighted by Crippen LogP contribution is 2.06. The van der Waals surface area contributed by atoms with E-state index >= 15 is 0 Å². The van der Waals surface area contributed by atoms with E-state index < -0.39 is 0 Å². The van der Waals surface area contributed by atoms with Crippen molar-refractivity contribution in [3.05, 3.63) is 35.9 Å². The zero-order valence-electron chi connectivity index (χ0n) is 11.7. The van der Waals surface area contributed by atoms with Gasteiger partial charge in [0.2, 0.25) is 0 Å². The molecule has 0 atom stereocenters. The van der Waals surface area contributed by atoms with Gasteiger partial charge >= 0.3 is 0 Å². The first kappa shape index (κ1) is 16.2. The SMILES string of the molecule is CCCCCCc1ccccc1.CCOCC. The van der Waals surface area contributed by atoms with Crippen molar-refractivity contribution in [3.63, 3.8) is 0 Å². The largest absolute Gasteiger partial charge is 0.382 e. The molecule has 0 aliphatic heterocycles. The van der Waals surface area contributed by atoms with Crippen molar-refractivity contribution in [1.29, 1.82) is 0 Å². The fourth-order valence-electron chi connectivity index (χ4n) is 1.60. The molecule has 98 valence electrons. The Hall–Kier alpha value is -0.820. The van der Waals surface area contributed by atoms with Crippen molar-refractivity contribution >= 4 is 0 Å². The summed E-state index contributed by atoms with van der Waals surface area (Å²) in [5.74, 6) is 0. The summed E-state index contributed by atoms with van der Waals surface area (Å²) < 4.78 is 4.83. The van der Waals surface area contributed by atoms with Gasteiger partial charge in [-0.25, -0.2) is 0 Å². The second-order valence-electron chi connectivity index (χ2n) is 4.08. The first-order chi connectivity index (χ1) is 8.35. The molecule has 0 N–H and O–H groups in total. The summed E-state index contributed by atoms with van der Waals surface area (Å²) >= 11 is 0. The maximum Gasteiger partial charge on any atom is 0.0437 e. The molecule has 0 saturated heterocycles. The van der Waals surface area contributed by atoms with Gasteiger partial charge < -0.3 is 4.74 Å². The fraction of sp³-hybridized carbons (Fsp3) is 0.625. The Morgan fingerprint density at radius 2 is 1.47 bits per heavy atom. The van der Waals surface area contributed by atoms with E-state index in [0.29, 0.717) is 0 Å². The molecule has 0 aromatic heterocycles. The number of hydrogen-bond acceptors (Lipinski definition) is 1. The molecule has 1 aromatic carbocycles. The number of ether oxygens (including phenoxy) is 1. The summed E-state index contributed by atoms with van der Waals surface area (Å²) in [5, 5.41) is 0. The van der Waals surface area contributed by atoms with Gasteiger partial charge in [0.15, 0.2) is 0 Å². The lowest BCUT2D eigenvalue weighted by Crippen LogP contribution is -1.84. The van der Waals surface area contributed by atoms with Crippen molar-refractivity contribution in [3.8, 4) is 0 Å². The molecule has 1 nitrogen and oxygen atoms in total. The van der Waals surface area contributed by atoms with Gasteiger partial charge in [0.05, 0.1) is 0 Å². The van der Waals surface area contributed by atoms with Gasteiger partial charge in [-0.05, 0) is 32.3 Å². The van der Waals surface area contributed by atoms with Crippen molar-refractivity contribution in [2.75, 3.05) is 13.2 Å². The van der Waals surface area contributed by atoms with E-state index in [2.05, 4.69) is 37.3 Å². The molecular weight excluding hydrogens is 208 g/mol. The van der Waals surface area contributed by atoms with Crippen LogP contribution < -0.4 is 0 Å². The van der Waals surface area contributed by atoms with Gasteiger partial charge in [-0.1, -0.05) is 56.5 Å². The van der Waals surface area contributed by atoms with E-state index in [1.807, 2.05) is 13.8 Å². The molecule has 0 saturated carbocycles. The normalized spacial score (nSPS) is 9.59. The lowest BCUT2D eigenvalue weighted by Gasteiger charge is -1.99. The molecule has 0 spiro atoms. The summed E-state index contributed by atoms with van der Waals surface area (Å²) in [4.78, 5) is 0. The van der Waals surface area contributed by atoms with Gasteiger partial charge in [0, 0.05) is 13.2 Å². The number of benzene rings is 1. The monoisotopic (exact) mass is 236 g/mol. The second-order valence-corrected chi connectivity index (χ2v) is 4.08. The van der Waals surface area contributed by atoms with E-state index in [-0.39, 0.29) is 0 Å². The van der Waals surface area contributed by atoms with Gasteiger partial charge in [0.25, 0.3) is 0 Å². The van der Waals surface area contributed by atoms with Crippen LogP contribution in [-0.2, 0) is 11.2 Å². The molecule has 0 fully saturated rings. The van der Waals surface area contributed by atoms with Crippen LogP contribution in [0, 0.1) is 0 Å². The fourth-order valence-corrected chi connectivity index (χ4v) is 1.60. The summed E-state index contributed by atoms with van der Waals surface area (Å²) in [7, 11) is 0. The molecular formula is C16H28O. The minimum atomic E-state index is 0.844. The molecule has 1 aromatic rings. The summed E-state index contributed by atoms with van der Waals surface area (Å²) in [5.41, 5.74) is 1.48. The smallest absolute Gasteiger partial charge is 0.0437 e. The standard InChI is InChI=1S/C12H18.C4H10O/c1-2-3-4-6-9-12-10-7-5-8-11-12;1-3-5-4-2/h5,7-8,10-11H,2-4,6,9H2,1H3;3-4H2,1-2H3. The van der Waals surface area contributed by atoms with Gasteiger partial charge in [-0.3, -0.25) is 0 Å². The van der Waals surface area contributed by atoms with Crippen LogP contribution in [0.5, 0.6) is 0 Å². The zero-order valence-corrected chi connectivity index (χ0v) is 11.7.